The highest BCUT2D eigenvalue weighted by Crippen LogP contribution is 2.19. The number of halogens is 1. The molecular formula is C10H11BrN2O2. The van der Waals surface area contributed by atoms with Crippen LogP contribution in [-0.2, 0) is 11.3 Å². The molecule has 0 spiro atoms. The lowest BCUT2D eigenvalue weighted by atomic mass is 10.00. The van der Waals surface area contributed by atoms with Crippen LogP contribution in [0, 0.1) is 5.92 Å². The fourth-order valence-corrected chi connectivity index (χ4v) is 2.07. The number of carboxylic acids is 1. The summed E-state index contributed by atoms with van der Waals surface area (Å²) in [4.78, 5) is 16.7. The molecule has 0 saturated carbocycles. The van der Waals surface area contributed by atoms with Gasteiger partial charge in [-0.05, 0) is 27.6 Å². The molecule has 80 valence electrons. The van der Waals surface area contributed by atoms with Crippen LogP contribution in [0.1, 0.15) is 5.56 Å². The molecule has 1 aromatic heterocycles. The number of nitrogens with zero attached hydrogens (tertiary/aromatic N) is 2. The second-order valence-electron chi connectivity index (χ2n) is 3.74. The normalized spacial score (nSPS) is 17.4. The van der Waals surface area contributed by atoms with Gasteiger partial charge < -0.3 is 5.11 Å². The first-order valence-electron chi connectivity index (χ1n) is 4.70. The van der Waals surface area contributed by atoms with Crippen LogP contribution in [0.2, 0.25) is 0 Å². The van der Waals surface area contributed by atoms with Gasteiger partial charge in [-0.1, -0.05) is 0 Å². The van der Waals surface area contributed by atoms with Gasteiger partial charge in [-0.15, -0.1) is 0 Å². The Hall–Kier alpha value is -0.940. The molecule has 1 aliphatic rings. The lowest BCUT2D eigenvalue weighted by Gasteiger charge is -2.36. The zero-order valence-electron chi connectivity index (χ0n) is 8.06. The Balaban J connectivity index is 1.87. The summed E-state index contributed by atoms with van der Waals surface area (Å²) in [7, 11) is 0. The van der Waals surface area contributed by atoms with Gasteiger partial charge in [0.15, 0.2) is 0 Å². The van der Waals surface area contributed by atoms with Crippen molar-refractivity contribution < 1.29 is 9.90 Å². The molecule has 0 bridgehead atoms. The summed E-state index contributed by atoms with van der Waals surface area (Å²) in [5, 5.41) is 8.71. The summed E-state index contributed by atoms with van der Waals surface area (Å²) >= 11 is 3.35. The molecule has 2 heterocycles. The molecule has 0 atom stereocenters. The lowest BCUT2D eigenvalue weighted by molar-refractivity contribution is -0.147. The van der Waals surface area contributed by atoms with E-state index in [2.05, 4.69) is 25.8 Å². The van der Waals surface area contributed by atoms with Gasteiger partial charge in [-0.25, -0.2) is 0 Å². The van der Waals surface area contributed by atoms with Gasteiger partial charge in [0, 0.05) is 36.5 Å². The zero-order chi connectivity index (χ0) is 10.8. The molecule has 1 aliphatic heterocycles. The molecule has 1 N–H and O–H groups in total. The van der Waals surface area contributed by atoms with Gasteiger partial charge in [0.1, 0.15) is 0 Å². The molecule has 0 aliphatic carbocycles. The van der Waals surface area contributed by atoms with Gasteiger partial charge in [0.25, 0.3) is 0 Å². The van der Waals surface area contributed by atoms with Gasteiger partial charge >= 0.3 is 5.97 Å². The Bertz CT molecular complexity index is 377. The van der Waals surface area contributed by atoms with Gasteiger partial charge in [-0.3, -0.25) is 14.7 Å². The number of hydrogen-bond acceptors (Lipinski definition) is 3. The maximum Gasteiger partial charge on any atom is 0.309 e. The third kappa shape index (κ3) is 2.54. The van der Waals surface area contributed by atoms with Crippen molar-refractivity contribution in [1.29, 1.82) is 0 Å². The van der Waals surface area contributed by atoms with E-state index in [9.17, 15) is 4.79 Å². The van der Waals surface area contributed by atoms with E-state index in [4.69, 9.17) is 5.11 Å². The van der Waals surface area contributed by atoms with Crippen molar-refractivity contribution >= 4 is 21.9 Å². The number of pyridine rings is 1. The molecular weight excluding hydrogens is 260 g/mol. The molecule has 2 rings (SSSR count). The minimum absolute atomic E-state index is 0.190. The molecule has 0 aromatic carbocycles. The van der Waals surface area contributed by atoms with E-state index in [1.54, 1.807) is 12.4 Å². The van der Waals surface area contributed by atoms with Gasteiger partial charge in [0.2, 0.25) is 0 Å². The van der Waals surface area contributed by atoms with E-state index in [0.717, 1.165) is 16.6 Å². The first-order valence-corrected chi connectivity index (χ1v) is 5.49. The summed E-state index contributed by atoms with van der Waals surface area (Å²) in [5.74, 6) is -0.885. The van der Waals surface area contributed by atoms with Crippen molar-refractivity contribution in [3.63, 3.8) is 0 Å². The highest BCUT2D eigenvalue weighted by molar-refractivity contribution is 9.10. The Labute approximate surface area is 96.1 Å². The van der Waals surface area contributed by atoms with E-state index >= 15 is 0 Å². The summed E-state index contributed by atoms with van der Waals surface area (Å²) in [6.07, 6.45) is 3.54. The molecule has 4 nitrogen and oxygen atoms in total. The average Bonchev–Trinajstić information content (AvgIpc) is 2.10. The molecule has 1 aromatic rings. The van der Waals surface area contributed by atoms with Crippen molar-refractivity contribution in [1.82, 2.24) is 9.88 Å². The van der Waals surface area contributed by atoms with Crippen LogP contribution in [0.3, 0.4) is 0 Å². The minimum Gasteiger partial charge on any atom is -0.481 e. The molecule has 15 heavy (non-hydrogen) atoms. The van der Waals surface area contributed by atoms with Crippen LogP contribution < -0.4 is 0 Å². The summed E-state index contributed by atoms with van der Waals surface area (Å²) in [6, 6.07) is 2.00. The van der Waals surface area contributed by atoms with E-state index in [1.807, 2.05) is 6.07 Å². The van der Waals surface area contributed by atoms with Crippen LogP contribution in [0.5, 0.6) is 0 Å². The monoisotopic (exact) mass is 270 g/mol. The zero-order valence-corrected chi connectivity index (χ0v) is 9.64. The number of aliphatic carboxylic acids is 1. The van der Waals surface area contributed by atoms with E-state index in [-0.39, 0.29) is 5.92 Å². The fourth-order valence-electron chi connectivity index (χ4n) is 1.66. The summed E-state index contributed by atoms with van der Waals surface area (Å²) in [5.41, 5.74) is 1.10. The maximum absolute atomic E-state index is 10.6. The van der Waals surface area contributed by atoms with E-state index < -0.39 is 5.97 Å². The topological polar surface area (TPSA) is 53.4 Å². The van der Waals surface area contributed by atoms with E-state index in [0.29, 0.717) is 13.1 Å². The third-order valence-electron chi connectivity index (χ3n) is 2.47. The van der Waals surface area contributed by atoms with Crippen LogP contribution in [0.25, 0.3) is 0 Å². The standard InChI is InChI=1S/C10H11BrN2O2/c11-9-1-7(2-12-3-9)4-13-5-8(6-13)10(14)15/h1-3,8H,4-6H2,(H,14,15). The minimum atomic E-state index is -0.696. The first kappa shape index (κ1) is 10.6. The average molecular weight is 271 g/mol. The Morgan fingerprint density at radius 3 is 2.93 bits per heavy atom. The molecule has 5 heteroatoms. The largest absolute Gasteiger partial charge is 0.481 e. The van der Waals surface area contributed by atoms with Crippen LogP contribution in [0.4, 0.5) is 0 Å². The SMILES string of the molecule is O=C(O)C1CN(Cc2cncc(Br)c2)C1. The fraction of sp³-hybridized carbons (Fsp3) is 0.400. The summed E-state index contributed by atoms with van der Waals surface area (Å²) < 4.78 is 0.954. The molecule has 1 saturated heterocycles. The predicted molar refractivity (Wildman–Crippen MR) is 58.3 cm³/mol. The van der Waals surface area contributed by atoms with Crippen LogP contribution >= 0.6 is 15.9 Å². The van der Waals surface area contributed by atoms with Crippen molar-refractivity contribution in [3.8, 4) is 0 Å². The first-order chi connectivity index (χ1) is 7.15. The number of carboxylic acid groups (broad SMARTS) is 1. The highest BCUT2D eigenvalue weighted by atomic mass is 79.9. The number of hydrogen-bond donors (Lipinski definition) is 1. The lowest BCUT2D eigenvalue weighted by Crippen LogP contribution is -2.49. The number of aromatic nitrogens is 1. The van der Waals surface area contributed by atoms with E-state index in [1.165, 1.54) is 0 Å². The van der Waals surface area contributed by atoms with Crippen molar-refractivity contribution in [2.24, 2.45) is 5.92 Å². The Morgan fingerprint density at radius 1 is 1.60 bits per heavy atom. The molecule has 0 unspecified atom stereocenters. The smallest absolute Gasteiger partial charge is 0.309 e. The summed E-state index contributed by atoms with van der Waals surface area (Å²) in [6.45, 7) is 2.06. The van der Waals surface area contributed by atoms with Gasteiger partial charge in [-0.2, -0.15) is 0 Å². The number of rotatable bonds is 3. The van der Waals surface area contributed by atoms with Crippen molar-refractivity contribution in [2.75, 3.05) is 13.1 Å². The quantitative estimate of drug-likeness (QED) is 0.901. The second kappa shape index (κ2) is 4.28. The van der Waals surface area contributed by atoms with Crippen LogP contribution in [0.15, 0.2) is 22.9 Å². The van der Waals surface area contributed by atoms with Crippen LogP contribution in [-0.4, -0.2) is 34.0 Å². The number of likely N-dealkylation sites (tertiary alicyclic amines) is 1. The second-order valence-corrected chi connectivity index (χ2v) is 4.66. The maximum atomic E-state index is 10.6. The number of carbonyl (C=O) groups is 1. The van der Waals surface area contributed by atoms with Gasteiger partial charge in [0.05, 0.1) is 5.92 Å². The predicted octanol–water partition coefficient (Wildman–Crippen LogP) is 1.36. The third-order valence-corrected chi connectivity index (χ3v) is 2.91. The highest BCUT2D eigenvalue weighted by Gasteiger charge is 2.32. The molecule has 0 radical (unpaired) electrons. The molecule has 0 amide bonds. The Kier molecular flexibility index (Phi) is 3.02. The van der Waals surface area contributed by atoms with Crippen molar-refractivity contribution in [3.05, 3.63) is 28.5 Å². The Morgan fingerprint density at radius 2 is 2.33 bits per heavy atom. The van der Waals surface area contributed by atoms with Crippen molar-refractivity contribution in [2.45, 2.75) is 6.54 Å². The molecule has 1 fully saturated rings.